The monoisotopic (exact) mass is 401 g/mol. The number of benzene rings is 1. The first kappa shape index (κ1) is 18.0. The summed E-state index contributed by atoms with van der Waals surface area (Å²) in [6.07, 6.45) is -0.527. The van der Waals surface area contributed by atoms with Crippen LogP contribution < -0.4 is 0 Å². The first-order chi connectivity index (χ1) is 10.1. The van der Waals surface area contributed by atoms with Crippen molar-refractivity contribution >= 4 is 28.5 Å². The standard InChI is InChI=1S/C16H20INO3/c1-4-20-15(21-5-2)11-8-12-18(3)16(19)13-9-6-7-10-14(13)17/h6-7,9-10,15H,4-5,12H2,1-3H3. The molecule has 0 aliphatic rings. The van der Waals surface area contributed by atoms with E-state index in [9.17, 15) is 4.79 Å². The molecule has 114 valence electrons. The summed E-state index contributed by atoms with van der Waals surface area (Å²) >= 11 is 2.16. The maximum absolute atomic E-state index is 12.3. The van der Waals surface area contributed by atoms with Gasteiger partial charge >= 0.3 is 0 Å². The lowest BCUT2D eigenvalue weighted by molar-refractivity contribution is -0.0970. The average molecular weight is 401 g/mol. The number of halogens is 1. The Balaban J connectivity index is 2.63. The lowest BCUT2D eigenvalue weighted by atomic mass is 10.2. The van der Waals surface area contributed by atoms with Gasteiger partial charge in [-0.1, -0.05) is 18.1 Å². The van der Waals surface area contributed by atoms with Crippen LogP contribution in [0.2, 0.25) is 0 Å². The molecule has 0 fully saturated rings. The normalized spacial score (nSPS) is 10.1. The quantitative estimate of drug-likeness (QED) is 0.418. The van der Waals surface area contributed by atoms with Gasteiger partial charge in [0, 0.05) is 23.8 Å². The number of ether oxygens (including phenoxy) is 2. The second kappa shape index (κ2) is 9.77. The van der Waals surface area contributed by atoms with Gasteiger partial charge in [0.15, 0.2) is 0 Å². The largest absolute Gasteiger partial charge is 0.342 e. The predicted molar refractivity (Wildman–Crippen MR) is 90.9 cm³/mol. The first-order valence-corrected chi connectivity index (χ1v) is 7.89. The van der Waals surface area contributed by atoms with Gasteiger partial charge in [-0.15, -0.1) is 0 Å². The Hall–Kier alpha value is -1.10. The molecule has 0 N–H and O–H groups in total. The molecular weight excluding hydrogens is 381 g/mol. The van der Waals surface area contributed by atoms with Gasteiger partial charge < -0.3 is 14.4 Å². The van der Waals surface area contributed by atoms with Crippen LogP contribution in [0.1, 0.15) is 24.2 Å². The minimum absolute atomic E-state index is 0.0429. The maximum Gasteiger partial charge on any atom is 0.255 e. The Kier molecular flexibility index (Phi) is 8.35. The Morgan fingerprint density at radius 3 is 2.48 bits per heavy atom. The minimum atomic E-state index is -0.527. The summed E-state index contributed by atoms with van der Waals surface area (Å²) in [4.78, 5) is 13.9. The molecule has 0 bridgehead atoms. The molecule has 1 aromatic carbocycles. The SMILES string of the molecule is CCOC(C#CCN(C)C(=O)c1ccccc1I)OCC. The number of hydrogen-bond donors (Lipinski definition) is 0. The van der Waals surface area contributed by atoms with Crippen LogP contribution >= 0.6 is 22.6 Å². The van der Waals surface area contributed by atoms with Crippen molar-refractivity contribution in [1.29, 1.82) is 0 Å². The van der Waals surface area contributed by atoms with Gasteiger partial charge in [0.25, 0.3) is 5.91 Å². The number of rotatable bonds is 6. The molecule has 0 aliphatic carbocycles. The topological polar surface area (TPSA) is 38.8 Å². The summed E-state index contributed by atoms with van der Waals surface area (Å²) in [6.45, 7) is 5.19. The van der Waals surface area contributed by atoms with Gasteiger partial charge in [0.1, 0.15) is 0 Å². The first-order valence-electron chi connectivity index (χ1n) is 6.81. The second-order valence-electron chi connectivity index (χ2n) is 4.20. The fourth-order valence-corrected chi connectivity index (χ4v) is 2.21. The number of hydrogen-bond acceptors (Lipinski definition) is 3. The van der Waals surface area contributed by atoms with Crippen molar-refractivity contribution in [2.75, 3.05) is 26.8 Å². The van der Waals surface area contributed by atoms with Gasteiger partial charge in [-0.3, -0.25) is 4.79 Å². The molecule has 0 atom stereocenters. The Morgan fingerprint density at radius 2 is 1.90 bits per heavy atom. The van der Waals surface area contributed by atoms with Crippen molar-refractivity contribution < 1.29 is 14.3 Å². The lowest BCUT2D eigenvalue weighted by Gasteiger charge is -2.15. The summed E-state index contributed by atoms with van der Waals surface area (Å²) in [5.74, 6) is 5.77. The zero-order valence-electron chi connectivity index (χ0n) is 12.6. The molecule has 0 heterocycles. The molecule has 0 saturated carbocycles. The van der Waals surface area contributed by atoms with Crippen molar-refractivity contribution in [2.24, 2.45) is 0 Å². The molecule has 0 radical (unpaired) electrons. The van der Waals surface area contributed by atoms with Gasteiger partial charge in [-0.25, -0.2) is 0 Å². The van der Waals surface area contributed by atoms with Gasteiger partial charge in [0.2, 0.25) is 6.29 Å². The zero-order valence-corrected chi connectivity index (χ0v) is 14.7. The predicted octanol–water partition coefficient (Wildman–Crippen LogP) is 2.77. The van der Waals surface area contributed by atoms with Crippen molar-refractivity contribution in [3.8, 4) is 11.8 Å². The van der Waals surface area contributed by atoms with Crippen molar-refractivity contribution in [2.45, 2.75) is 20.1 Å². The highest BCUT2D eigenvalue weighted by Crippen LogP contribution is 2.13. The third-order valence-corrected chi connectivity index (χ3v) is 3.56. The molecule has 4 nitrogen and oxygen atoms in total. The lowest BCUT2D eigenvalue weighted by Crippen LogP contribution is -2.28. The third-order valence-electron chi connectivity index (χ3n) is 2.62. The van der Waals surface area contributed by atoms with Crippen LogP contribution in [-0.4, -0.2) is 43.9 Å². The number of amides is 1. The van der Waals surface area contributed by atoms with Crippen LogP contribution in [0.4, 0.5) is 0 Å². The smallest absolute Gasteiger partial charge is 0.255 e. The fourth-order valence-electron chi connectivity index (χ4n) is 1.59. The molecule has 0 aliphatic heterocycles. The Labute approximate surface area is 139 Å². The minimum Gasteiger partial charge on any atom is -0.342 e. The van der Waals surface area contributed by atoms with Crippen molar-refractivity contribution in [3.63, 3.8) is 0 Å². The Morgan fingerprint density at radius 1 is 1.29 bits per heavy atom. The molecule has 0 spiro atoms. The summed E-state index contributed by atoms with van der Waals surface area (Å²) in [5.41, 5.74) is 0.688. The molecule has 1 rings (SSSR count). The van der Waals surface area contributed by atoms with Crippen molar-refractivity contribution in [1.82, 2.24) is 4.90 Å². The molecule has 0 aromatic heterocycles. The van der Waals surface area contributed by atoms with E-state index in [4.69, 9.17) is 9.47 Å². The number of nitrogens with zero attached hydrogens (tertiary/aromatic N) is 1. The van der Waals surface area contributed by atoms with Crippen LogP contribution in [0, 0.1) is 15.4 Å². The summed E-state index contributed by atoms with van der Waals surface area (Å²) in [5, 5.41) is 0. The van der Waals surface area contributed by atoms with Crippen molar-refractivity contribution in [3.05, 3.63) is 33.4 Å². The highest BCUT2D eigenvalue weighted by molar-refractivity contribution is 14.1. The number of carbonyl (C=O) groups is 1. The van der Waals surface area contributed by atoms with Gasteiger partial charge in [-0.05, 0) is 54.5 Å². The Bertz CT molecular complexity index is 516. The summed E-state index contributed by atoms with van der Waals surface area (Å²) in [6, 6.07) is 7.49. The van der Waals surface area contributed by atoms with E-state index in [1.165, 1.54) is 0 Å². The van der Waals surface area contributed by atoms with E-state index >= 15 is 0 Å². The average Bonchev–Trinajstić information content (AvgIpc) is 2.47. The second-order valence-corrected chi connectivity index (χ2v) is 5.37. The molecule has 5 heteroatoms. The molecule has 1 aromatic rings. The summed E-state index contributed by atoms with van der Waals surface area (Å²) in [7, 11) is 1.73. The molecule has 0 unspecified atom stereocenters. The van der Waals surface area contributed by atoms with Gasteiger partial charge in [0.05, 0.1) is 12.1 Å². The van der Waals surface area contributed by atoms with E-state index in [0.717, 1.165) is 3.57 Å². The van der Waals surface area contributed by atoms with Crippen LogP contribution in [0.15, 0.2) is 24.3 Å². The zero-order chi connectivity index (χ0) is 15.7. The van der Waals surface area contributed by atoms with E-state index in [0.29, 0.717) is 25.3 Å². The summed E-state index contributed by atoms with van der Waals surface area (Å²) < 4.78 is 11.6. The van der Waals surface area contributed by atoms with Crippen LogP contribution in [0.3, 0.4) is 0 Å². The van der Waals surface area contributed by atoms with Crippen LogP contribution in [0.25, 0.3) is 0 Å². The third kappa shape index (κ3) is 6.04. The van der Waals surface area contributed by atoms with Gasteiger partial charge in [-0.2, -0.15) is 0 Å². The number of carbonyl (C=O) groups excluding carboxylic acids is 1. The van der Waals surface area contributed by atoms with E-state index in [2.05, 4.69) is 34.4 Å². The highest BCUT2D eigenvalue weighted by Gasteiger charge is 2.13. The van der Waals surface area contributed by atoms with E-state index in [1.54, 1.807) is 11.9 Å². The van der Waals surface area contributed by atoms with Crippen LogP contribution in [0.5, 0.6) is 0 Å². The van der Waals surface area contributed by atoms with E-state index in [-0.39, 0.29) is 5.91 Å². The molecule has 0 saturated heterocycles. The maximum atomic E-state index is 12.3. The molecular formula is C16H20INO3. The van der Waals surface area contributed by atoms with E-state index < -0.39 is 6.29 Å². The van der Waals surface area contributed by atoms with E-state index in [1.807, 2.05) is 38.1 Å². The highest BCUT2D eigenvalue weighted by atomic mass is 127. The fraction of sp³-hybridized carbons (Fsp3) is 0.438. The molecule has 1 amide bonds. The molecule has 21 heavy (non-hydrogen) atoms. The van der Waals surface area contributed by atoms with Crippen LogP contribution in [-0.2, 0) is 9.47 Å².